The fourth-order valence-corrected chi connectivity index (χ4v) is 2.77. The summed E-state index contributed by atoms with van der Waals surface area (Å²) in [4.78, 5) is 14.3. The number of nitrogens with zero attached hydrogens (tertiary/aromatic N) is 1. The standard InChI is InChI=1S/C19H22N2O4/c22-17-6-3-15(11-18(17)23)13-20-19(24)12-14-1-4-16(5-2-14)21-7-9-25-10-8-21/h1-6,11,22-23H,7-10,12-13H2,(H,20,24). The van der Waals surface area contributed by atoms with Crippen molar-refractivity contribution >= 4 is 11.6 Å². The maximum Gasteiger partial charge on any atom is 0.224 e. The first-order valence-electron chi connectivity index (χ1n) is 8.31. The molecule has 2 aromatic rings. The molecule has 1 fully saturated rings. The minimum absolute atomic E-state index is 0.0910. The van der Waals surface area contributed by atoms with Crippen LogP contribution in [0.4, 0.5) is 5.69 Å². The summed E-state index contributed by atoms with van der Waals surface area (Å²) in [5.74, 6) is -0.451. The van der Waals surface area contributed by atoms with Crippen LogP contribution in [-0.2, 0) is 22.5 Å². The molecular formula is C19H22N2O4. The Kier molecular flexibility index (Phi) is 5.40. The highest BCUT2D eigenvalue weighted by Gasteiger charge is 2.11. The second kappa shape index (κ2) is 7.90. The van der Waals surface area contributed by atoms with Gasteiger partial charge in [0.1, 0.15) is 0 Å². The minimum atomic E-state index is -0.189. The summed E-state index contributed by atoms with van der Waals surface area (Å²) in [6.45, 7) is 3.57. The van der Waals surface area contributed by atoms with Crippen molar-refractivity contribution < 1.29 is 19.7 Å². The Balaban J connectivity index is 1.51. The number of anilines is 1. The normalized spacial score (nSPS) is 14.3. The second-order valence-electron chi connectivity index (χ2n) is 6.04. The van der Waals surface area contributed by atoms with E-state index in [1.165, 1.54) is 12.1 Å². The Morgan fingerprint density at radius 2 is 1.68 bits per heavy atom. The second-order valence-corrected chi connectivity index (χ2v) is 6.04. The van der Waals surface area contributed by atoms with Gasteiger partial charge in [0.15, 0.2) is 11.5 Å². The van der Waals surface area contributed by atoms with Crippen molar-refractivity contribution in [2.75, 3.05) is 31.2 Å². The molecule has 25 heavy (non-hydrogen) atoms. The molecule has 0 aliphatic carbocycles. The number of phenols is 2. The molecule has 0 radical (unpaired) electrons. The number of carbonyl (C=O) groups is 1. The predicted molar refractivity (Wildman–Crippen MR) is 94.8 cm³/mol. The van der Waals surface area contributed by atoms with Gasteiger partial charge in [-0.15, -0.1) is 0 Å². The summed E-state index contributed by atoms with van der Waals surface area (Å²) in [6, 6.07) is 12.5. The highest BCUT2D eigenvalue weighted by Crippen LogP contribution is 2.24. The van der Waals surface area contributed by atoms with Crippen LogP contribution in [0.1, 0.15) is 11.1 Å². The van der Waals surface area contributed by atoms with Crippen LogP contribution < -0.4 is 10.2 Å². The number of aromatic hydroxyl groups is 2. The summed E-state index contributed by atoms with van der Waals surface area (Å²) in [5.41, 5.74) is 2.82. The molecule has 0 saturated carbocycles. The van der Waals surface area contributed by atoms with Crippen molar-refractivity contribution in [3.05, 3.63) is 53.6 Å². The highest BCUT2D eigenvalue weighted by molar-refractivity contribution is 5.78. The lowest BCUT2D eigenvalue weighted by atomic mass is 10.1. The van der Waals surface area contributed by atoms with Crippen molar-refractivity contribution in [3.63, 3.8) is 0 Å². The Bertz CT molecular complexity index is 725. The van der Waals surface area contributed by atoms with E-state index in [0.717, 1.165) is 43.1 Å². The zero-order chi connectivity index (χ0) is 17.6. The van der Waals surface area contributed by atoms with E-state index in [1.54, 1.807) is 6.07 Å². The minimum Gasteiger partial charge on any atom is -0.504 e. The van der Waals surface area contributed by atoms with Gasteiger partial charge in [-0.25, -0.2) is 0 Å². The number of benzene rings is 2. The lowest BCUT2D eigenvalue weighted by molar-refractivity contribution is -0.120. The average molecular weight is 342 g/mol. The van der Waals surface area contributed by atoms with Gasteiger partial charge < -0.3 is 25.2 Å². The van der Waals surface area contributed by atoms with E-state index >= 15 is 0 Å². The fourth-order valence-electron chi connectivity index (χ4n) is 2.77. The van der Waals surface area contributed by atoms with Gasteiger partial charge in [0.25, 0.3) is 0 Å². The number of hydrogen-bond acceptors (Lipinski definition) is 5. The molecule has 1 amide bonds. The Morgan fingerprint density at radius 1 is 1.00 bits per heavy atom. The molecule has 3 N–H and O–H groups in total. The largest absolute Gasteiger partial charge is 0.504 e. The number of rotatable bonds is 5. The lowest BCUT2D eigenvalue weighted by Crippen LogP contribution is -2.36. The topological polar surface area (TPSA) is 82.0 Å². The molecule has 2 aromatic carbocycles. The average Bonchev–Trinajstić information content (AvgIpc) is 2.64. The van der Waals surface area contributed by atoms with E-state index in [1.807, 2.05) is 24.3 Å². The van der Waals surface area contributed by atoms with Gasteiger partial charge in [-0.2, -0.15) is 0 Å². The number of hydrogen-bond donors (Lipinski definition) is 3. The fraction of sp³-hybridized carbons (Fsp3) is 0.316. The summed E-state index contributed by atoms with van der Waals surface area (Å²) < 4.78 is 5.35. The van der Waals surface area contributed by atoms with Gasteiger partial charge in [0.2, 0.25) is 5.91 Å². The first-order valence-corrected chi connectivity index (χ1v) is 8.31. The van der Waals surface area contributed by atoms with Crippen LogP contribution >= 0.6 is 0 Å². The van der Waals surface area contributed by atoms with Crippen LogP contribution in [0.15, 0.2) is 42.5 Å². The van der Waals surface area contributed by atoms with E-state index < -0.39 is 0 Å². The molecule has 3 rings (SSSR count). The van der Waals surface area contributed by atoms with Crippen LogP contribution in [0.2, 0.25) is 0 Å². The third-order valence-corrected chi connectivity index (χ3v) is 4.21. The van der Waals surface area contributed by atoms with Gasteiger partial charge in [-0.1, -0.05) is 18.2 Å². The third kappa shape index (κ3) is 4.64. The molecule has 0 atom stereocenters. The molecule has 6 nitrogen and oxygen atoms in total. The number of morpholine rings is 1. The number of nitrogens with one attached hydrogen (secondary N) is 1. The third-order valence-electron chi connectivity index (χ3n) is 4.21. The number of phenolic OH excluding ortho intramolecular Hbond substituents is 2. The number of carbonyl (C=O) groups excluding carboxylic acids is 1. The lowest BCUT2D eigenvalue weighted by Gasteiger charge is -2.28. The molecule has 1 aliphatic rings. The van der Waals surface area contributed by atoms with E-state index in [0.29, 0.717) is 13.0 Å². The first kappa shape index (κ1) is 17.1. The van der Waals surface area contributed by atoms with Crippen molar-refractivity contribution in [3.8, 4) is 11.5 Å². The van der Waals surface area contributed by atoms with Crippen molar-refractivity contribution in [2.45, 2.75) is 13.0 Å². The Labute approximate surface area is 146 Å². The van der Waals surface area contributed by atoms with Crippen LogP contribution in [0, 0.1) is 0 Å². The van der Waals surface area contributed by atoms with Gasteiger partial charge in [0.05, 0.1) is 19.6 Å². The maximum atomic E-state index is 12.1. The zero-order valence-corrected chi connectivity index (χ0v) is 13.9. The summed E-state index contributed by atoms with van der Waals surface area (Å²) in [6.07, 6.45) is 0.299. The van der Waals surface area contributed by atoms with Crippen molar-refractivity contribution in [1.82, 2.24) is 5.32 Å². The maximum absolute atomic E-state index is 12.1. The molecule has 0 unspecified atom stereocenters. The monoisotopic (exact) mass is 342 g/mol. The van der Waals surface area contributed by atoms with Gasteiger partial charge >= 0.3 is 0 Å². The van der Waals surface area contributed by atoms with Crippen molar-refractivity contribution in [2.24, 2.45) is 0 Å². The van der Waals surface area contributed by atoms with Crippen LogP contribution in [0.3, 0.4) is 0 Å². The molecule has 0 spiro atoms. The van der Waals surface area contributed by atoms with E-state index in [4.69, 9.17) is 4.74 Å². The number of amides is 1. The van der Waals surface area contributed by atoms with Crippen LogP contribution in [0.25, 0.3) is 0 Å². The van der Waals surface area contributed by atoms with E-state index in [9.17, 15) is 15.0 Å². The van der Waals surface area contributed by atoms with Crippen LogP contribution in [-0.4, -0.2) is 42.4 Å². The summed E-state index contributed by atoms with van der Waals surface area (Å²) in [5, 5.41) is 21.6. The zero-order valence-electron chi connectivity index (χ0n) is 13.9. The summed E-state index contributed by atoms with van der Waals surface area (Å²) in [7, 11) is 0. The van der Waals surface area contributed by atoms with Crippen molar-refractivity contribution in [1.29, 1.82) is 0 Å². The predicted octanol–water partition coefficient (Wildman–Crippen LogP) is 1.79. The first-order chi connectivity index (χ1) is 12.1. The number of ether oxygens (including phenoxy) is 1. The molecule has 6 heteroatoms. The van der Waals surface area contributed by atoms with Gasteiger partial charge in [0, 0.05) is 25.3 Å². The molecule has 1 heterocycles. The molecule has 1 aliphatic heterocycles. The molecule has 132 valence electrons. The Hall–Kier alpha value is -2.73. The molecule has 0 aromatic heterocycles. The molecule has 0 bridgehead atoms. The van der Waals surface area contributed by atoms with Gasteiger partial charge in [-0.05, 0) is 35.4 Å². The SMILES string of the molecule is O=C(Cc1ccc(N2CCOCC2)cc1)NCc1ccc(O)c(O)c1. The van der Waals surface area contributed by atoms with Crippen LogP contribution in [0.5, 0.6) is 11.5 Å². The summed E-state index contributed by atoms with van der Waals surface area (Å²) >= 11 is 0. The smallest absolute Gasteiger partial charge is 0.224 e. The quantitative estimate of drug-likeness (QED) is 0.722. The molecule has 1 saturated heterocycles. The highest BCUT2D eigenvalue weighted by atomic mass is 16.5. The van der Waals surface area contributed by atoms with E-state index in [2.05, 4.69) is 10.2 Å². The van der Waals surface area contributed by atoms with E-state index in [-0.39, 0.29) is 17.4 Å². The Morgan fingerprint density at radius 3 is 2.36 bits per heavy atom. The van der Waals surface area contributed by atoms with Gasteiger partial charge in [-0.3, -0.25) is 4.79 Å². The molecular weight excluding hydrogens is 320 g/mol.